The molecule has 5 nitrogen and oxygen atoms in total. The van der Waals surface area contributed by atoms with Gasteiger partial charge in [0.25, 0.3) is 0 Å². The van der Waals surface area contributed by atoms with Crippen molar-refractivity contribution in [3.8, 4) is 28.6 Å². The molecule has 1 heterocycles. The van der Waals surface area contributed by atoms with Crippen molar-refractivity contribution in [2.24, 2.45) is 0 Å². The maximum Gasteiger partial charge on any atom is 0.216 e. The van der Waals surface area contributed by atoms with Crippen LogP contribution in [0.25, 0.3) is 16.8 Å². The van der Waals surface area contributed by atoms with Crippen LogP contribution >= 0.6 is 0 Å². The molecule has 0 aliphatic heterocycles. The minimum atomic E-state index is -0.202. The summed E-state index contributed by atoms with van der Waals surface area (Å²) in [6.45, 7) is 0. The summed E-state index contributed by atoms with van der Waals surface area (Å²) in [5.41, 5.74) is 4.05. The van der Waals surface area contributed by atoms with Crippen LogP contribution in [0.15, 0.2) is 85.3 Å². The van der Waals surface area contributed by atoms with Gasteiger partial charge in [0.2, 0.25) is 5.78 Å². The zero-order valence-electron chi connectivity index (χ0n) is 15.7. The fraction of sp³-hybridized carbons (Fsp3) is 0.0417. The second-order valence-electron chi connectivity index (χ2n) is 6.40. The minimum absolute atomic E-state index is 0.202. The summed E-state index contributed by atoms with van der Waals surface area (Å²) in [5.74, 6) is 0.314. The highest BCUT2D eigenvalue weighted by Crippen LogP contribution is 2.26. The second kappa shape index (κ2) is 7.83. The highest BCUT2D eigenvalue weighted by molar-refractivity contribution is 6.09. The molecule has 0 bridgehead atoms. The number of nitriles is 1. The summed E-state index contributed by atoms with van der Waals surface area (Å²) in [4.78, 5) is 17.1. The Kier molecular flexibility index (Phi) is 4.91. The third-order valence-corrected chi connectivity index (χ3v) is 4.67. The fourth-order valence-electron chi connectivity index (χ4n) is 3.22. The van der Waals surface area contributed by atoms with E-state index in [0.29, 0.717) is 22.6 Å². The average molecular weight is 379 g/mol. The van der Waals surface area contributed by atoms with Gasteiger partial charge in [-0.1, -0.05) is 42.5 Å². The Morgan fingerprint density at radius 2 is 1.83 bits per heavy atom. The maximum atomic E-state index is 12.9. The van der Waals surface area contributed by atoms with E-state index < -0.39 is 0 Å². The Hall–Kier alpha value is -4.17. The monoisotopic (exact) mass is 379 g/mol. The van der Waals surface area contributed by atoms with Crippen molar-refractivity contribution in [3.05, 3.63) is 102 Å². The molecule has 0 saturated heterocycles. The van der Waals surface area contributed by atoms with Crippen LogP contribution in [0, 0.1) is 11.3 Å². The molecule has 29 heavy (non-hydrogen) atoms. The van der Waals surface area contributed by atoms with Gasteiger partial charge in [0, 0.05) is 11.9 Å². The smallest absolute Gasteiger partial charge is 0.216 e. The molecule has 0 unspecified atom stereocenters. The number of aromatic nitrogens is 2. The number of carbonyl (C=O) groups excluding carboxylic acids is 1. The zero-order valence-corrected chi connectivity index (χ0v) is 15.7. The van der Waals surface area contributed by atoms with Crippen molar-refractivity contribution >= 4 is 5.78 Å². The normalized spacial score (nSPS) is 10.3. The number of methoxy groups -OCH3 is 1. The Labute approximate surface area is 168 Å². The van der Waals surface area contributed by atoms with Gasteiger partial charge < -0.3 is 9.30 Å². The highest BCUT2D eigenvalue weighted by atomic mass is 16.5. The molecule has 4 aromatic rings. The lowest BCUT2D eigenvalue weighted by atomic mass is 10.00. The van der Waals surface area contributed by atoms with E-state index in [1.54, 1.807) is 41.4 Å². The molecule has 0 fully saturated rings. The molecule has 4 rings (SSSR count). The summed E-state index contributed by atoms with van der Waals surface area (Å²) in [5, 5.41) is 9.37. The lowest BCUT2D eigenvalue weighted by Crippen LogP contribution is -2.04. The number of benzene rings is 3. The highest BCUT2D eigenvalue weighted by Gasteiger charge is 2.17. The van der Waals surface area contributed by atoms with E-state index in [1.807, 2.05) is 48.5 Å². The van der Waals surface area contributed by atoms with E-state index in [-0.39, 0.29) is 5.78 Å². The molecule has 1 aromatic heterocycles. The first-order chi connectivity index (χ1) is 14.2. The van der Waals surface area contributed by atoms with Crippen molar-refractivity contribution in [3.63, 3.8) is 0 Å². The van der Waals surface area contributed by atoms with E-state index in [1.165, 1.54) is 7.11 Å². The van der Waals surface area contributed by atoms with Crippen LogP contribution in [0.5, 0.6) is 5.75 Å². The molecular formula is C24H17N3O2. The molecule has 3 aromatic carbocycles. The van der Waals surface area contributed by atoms with Gasteiger partial charge in [0.1, 0.15) is 17.8 Å². The van der Waals surface area contributed by atoms with Crippen LogP contribution in [0.4, 0.5) is 0 Å². The molecule has 0 atom stereocenters. The Bertz CT molecular complexity index is 1230. The van der Waals surface area contributed by atoms with Crippen molar-refractivity contribution in [2.75, 3.05) is 7.11 Å². The van der Waals surface area contributed by atoms with Gasteiger partial charge in [-0.3, -0.25) is 4.79 Å². The van der Waals surface area contributed by atoms with Crippen molar-refractivity contribution in [1.82, 2.24) is 9.55 Å². The lowest BCUT2D eigenvalue weighted by Gasteiger charge is -2.08. The topological polar surface area (TPSA) is 67.9 Å². The van der Waals surface area contributed by atoms with Gasteiger partial charge in [-0.2, -0.15) is 5.26 Å². The molecule has 0 aliphatic rings. The predicted molar refractivity (Wildman–Crippen MR) is 110 cm³/mol. The first kappa shape index (κ1) is 18.2. The van der Waals surface area contributed by atoms with Gasteiger partial charge in [-0.25, -0.2) is 4.98 Å². The van der Waals surface area contributed by atoms with Gasteiger partial charge >= 0.3 is 0 Å². The van der Waals surface area contributed by atoms with Gasteiger partial charge in [-0.05, 0) is 41.5 Å². The van der Waals surface area contributed by atoms with Crippen molar-refractivity contribution in [2.45, 2.75) is 0 Å². The largest absolute Gasteiger partial charge is 0.496 e. The van der Waals surface area contributed by atoms with E-state index in [2.05, 4.69) is 11.1 Å². The summed E-state index contributed by atoms with van der Waals surface area (Å²) >= 11 is 0. The number of ether oxygens (including phenoxy) is 1. The number of ketones is 1. The third kappa shape index (κ3) is 3.52. The molecule has 0 radical (unpaired) electrons. The Morgan fingerprint density at radius 3 is 2.66 bits per heavy atom. The number of rotatable bonds is 5. The molecular weight excluding hydrogens is 362 g/mol. The van der Waals surface area contributed by atoms with Gasteiger partial charge in [0.15, 0.2) is 0 Å². The third-order valence-electron chi connectivity index (χ3n) is 4.67. The van der Waals surface area contributed by atoms with Crippen LogP contribution in [0.2, 0.25) is 0 Å². The number of nitrogens with zero attached hydrogens (tertiary/aromatic N) is 3. The standard InChI is InChI=1S/C24H17N3O2/c1-29-23-12-5-4-11-21(23)24(28)22-15-27(16-26-22)19-9-6-8-17(13-19)20-10-3-2-7-18(20)14-25/h2-13,15-16H,1H3. The number of imidazole rings is 1. The van der Waals surface area contributed by atoms with E-state index >= 15 is 0 Å². The summed E-state index contributed by atoms with van der Waals surface area (Å²) < 4.78 is 7.08. The minimum Gasteiger partial charge on any atom is -0.496 e. The first-order valence-corrected chi connectivity index (χ1v) is 9.03. The summed E-state index contributed by atoms with van der Waals surface area (Å²) in [6.07, 6.45) is 3.31. The van der Waals surface area contributed by atoms with E-state index in [0.717, 1.165) is 16.8 Å². The van der Waals surface area contributed by atoms with Gasteiger partial charge in [0.05, 0.1) is 24.3 Å². The molecule has 0 N–H and O–H groups in total. The predicted octanol–water partition coefficient (Wildman–Crippen LogP) is 4.65. The molecule has 0 amide bonds. The first-order valence-electron chi connectivity index (χ1n) is 9.03. The molecule has 5 heteroatoms. The van der Waals surface area contributed by atoms with Crippen LogP contribution < -0.4 is 4.74 Å². The van der Waals surface area contributed by atoms with Crippen LogP contribution in [0.1, 0.15) is 21.6 Å². The number of para-hydroxylation sites is 1. The second-order valence-corrected chi connectivity index (χ2v) is 6.40. The number of carbonyl (C=O) groups is 1. The SMILES string of the molecule is COc1ccccc1C(=O)c1cn(-c2cccc(-c3ccccc3C#N)c2)cn1. The van der Waals surface area contributed by atoms with Crippen LogP contribution in [0.3, 0.4) is 0 Å². The molecule has 140 valence electrons. The number of hydrogen-bond donors (Lipinski definition) is 0. The van der Waals surface area contributed by atoms with Crippen molar-refractivity contribution in [1.29, 1.82) is 5.26 Å². The van der Waals surface area contributed by atoms with E-state index in [9.17, 15) is 10.1 Å². The van der Waals surface area contributed by atoms with Crippen molar-refractivity contribution < 1.29 is 9.53 Å². The summed E-state index contributed by atoms with van der Waals surface area (Å²) in [6, 6.07) is 24.5. The van der Waals surface area contributed by atoms with Crippen LogP contribution in [-0.4, -0.2) is 22.4 Å². The maximum absolute atomic E-state index is 12.9. The zero-order chi connectivity index (χ0) is 20.2. The Morgan fingerprint density at radius 1 is 1.03 bits per heavy atom. The van der Waals surface area contributed by atoms with E-state index in [4.69, 9.17) is 4.74 Å². The van der Waals surface area contributed by atoms with Crippen LogP contribution in [-0.2, 0) is 0 Å². The summed E-state index contributed by atoms with van der Waals surface area (Å²) in [7, 11) is 1.54. The lowest BCUT2D eigenvalue weighted by molar-refractivity contribution is 0.103. The molecule has 0 spiro atoms. The Balaban J connectivity index is 1.69. The quantitative estimate of drug-likeness (QED) is 0.473. The molecule has 0 aliphatic carbocycles. The molecule has 0 saturated carbocycles. The fourth-order valence-corrected chi connectivity index (χ4v) is 3.22. The average Bonchev–Trinajstić information content (AvgIpc) is 3.29. The van der Waals surface area contributed by atoms with Gasteiger partial charge in [-0.15, -0.1) is 0 Å². The number of hydrogen-bond acceptors (Lipinski definition) is 4.